The van der Waals surface area contributed by atoms with Crippen molar-refractivity contribution in [2.75, 3.05) is 24.5 Å². The molecule has 2 N–H and O–H groups in total. The number of H-pyrrole nitrogens is 1. The third kappa shape index (κ3) is 1.43. The van der Waals surface area contributed by atoms with E-state index in [4.69, 9.17) is 0 Å². The highest BCUT2D eigenvalue weighted by Gasteiger charge is 2.42. The third-order valence-electron chi connectivity index (χ3n) is 3.89. The van der Waals surface area contributed by atoms with Gasteiger partial charge in [0.25, 0.3) is 5.56 Å². The van der Waals surface area contributed by atoms with Crippen LogP contribution in [0.15, 0.2) is 17.2 Å². The minimum Gasteiger partial charge on any atom is -0.353 e. The summed E-state index contributed by atoms with van der Waals surface area (Å²) in [6, 6.07) is 2.06. The van der Waals surface area contributed by atoms with Gasteiger partial charge < -0.3 is 15.2 Å². The molecule has 3 heterocycles. The van der Waals surface area contributed by atoms with Crippen molar-refractivity contribution >= 4 is 5.82 Å². The first kappa shape index (κ1) is 9.84. The molecular formula is C11H16N4O. The molecule has 0 amide bonds. The van der Waals surface area contributed by atoms with Gasteiger partial charge in [-0.25, -0.2) is 4.98 Å². The molecule has 2 aliphatic heterocycles. The highest BCUT2D eigenvalue weighted by Crippen LogP contribution is 2.34. The predicted molar refractivity (Wildman–Crippen MR) is 61.5 cm³/mol. The van der Waals surface area contributed by atoms with Crippen LogP contribution in [0, 0.1) is 11.8 Å². The first-order chi connectivity index (χ1) is 7.75. The molecule has 2 aliphatic rings. The van der Waals surface area contributed by atoms with Crippen LogP contribution in [0.1, 0.15) is 6.92 Å². The zero-order valence-corrected chi connectivity index (χ0v) is 9.31. The SMILES string of the molecule is CC1C2CNCC2CN1c1cc(=O)[nH]cn1. The second-order valence-corrected chi connectivity index (χ2v) is 4.74. The number of nitrogens with zero attached hydrogens (tertiary/aromatic N) is 2. The van der Waals surface area contributed by atoms with Crippen LogP contribution in [0.2, 0.25) is 0 Å². The van der Waals surface area contributed by atoms with E-state index in [1.54, 1.807) is 6.07 Å². The van der Waals surface area contributed by atoms with Crippen LogP contribution in [-0.2, 0) is 0 Å². The molecule has 1 aromatic heterocycles. The lowest BCUT2D eigenvalue weighted by atomic mass is 9.95. The van der Waals surface area contributed by atoms with Crippen LogP contribution in [0.3, 0.4) is 0 Å². The molecule has 0 aliphatic carbocycles. The highest BCUT2D eigenvalue weighted by molar-refractivity contribution is 5.40. The van der Waals surface area contributed by atoms with E-state index in [0.29, 0.717) is 17.9 Å². The topological polar surface area (TPSA) is 61.0 Å². The van der Waals surface area contributed by atoms with Crippen molar-refractivity contribution in [2.45, 2.75) is 13.0 Å². The van der Waals surface area contributed by atoms with Crippen molar-refractivity contribution < 1.29 is 0 Å². The summed E-state index contributed by atoms with van der Waals surface area (Å²) in [5.41, 5.74) is -0.0765. The molecule has 0 radical (unpaired) electrons. The van der Waals surface area contributed by atoms with Gasteiger partial charge in [-0.05, 0) is 18.8 Å². The van der Waals surface area contributed by atoms with Crippen molar-refractivity contribution in [3.05, 3.63) is 22.7 Å². The third-order valence-corrected chi connectivity index (χ3v) is 3.89. The van der Waals surface area contributed by atoms with E-state index in [0.717, 1.165) is 25.5 Å². The molecule has 3 rings (SSSR count). The van der Waals surface area contributed by atoms with E-state index in [2.05, 4.69) is 27.1 Å². The maximum Gasteiger partial charge on any atom is 0.252 e. The number of nitrogens with one attached hydrogen (secondary N) is 2. The van der Waals surface area contributed by atoms with Crippen molar-refractivity contribution in [3.63, 3.8) is 0 Å². The Bertz CT molecular complexity index is 444. The summed E-state index contributed by atoms with van der Waals surface area (Å²) in [5, 5.41) is 3.42. The molecule has 1 aromatic rings. The van der Waals surface area contributed by atoms with Crippen molar-refractivity contribution in [1.29, 1.82) is 0 Å². The van der Waals surface area contributed by atoms with Gasteiger partial charge in [0.05, 0.1) is 6.33 Å². The molecule has 86 valence electrons. The van der Waals surface area contributed by atoms with Crippen molar-refractivity contribution in [2.24, 2.45) is 11.8 Å². The minimum atomic E-state index is -0.0765. The fraction of sp³-hybridized carbons (Fsp3) is 0.636. The molecular weight excluding hydrogens is 204 g/mol. The van der Waals surface area contributed by atoms with Crippen molar-refractivity contribution in [1.82, 2.24) is 15.3 Å². The molecule has 0 spiro atoms. The van der Waals surface area contributed by atoms with Gasteiger partial charge >= 0.3 is 0 Å². The Kier molecular flexibility index (Phi) is 2.21. The maximum absolute atomic E-state index is 11.3. The zero-order valence-electron chi connectivity index (χ0n) is 9.31. The van der Waals surface area contributed by atoms with Crippen LogP contribution in [-0.4, -0.2) is 35.6 Å². The predicted octanol–water partition coefficient (Wildman–Crippen LogP) is -0.186. The lowest BCUT2D eigenvalue weighted by Gasteiger charge is -2.24. The first-order valence-electron chi connectivity index (χ1n) is 5.78. The fourth-order valence-corrected chi connectivity index (χ4v) is 2.99. The lowest BCUT2D eigenvalue weighted by Crippen LogP contribution is -2.34. The van der Waals surface area contributed by atoms with E-state index < -0.39 is 0 Å². The molecule has 2 saturated heterocycles. The lowest BCUT2D eigenvalue weighted by molar-refractivity contribution is 0.471. The molecule has 0 aromatic carbocycles. The van der Waals surface area contributed by atoms with Crippen LogP contribution >= 0.6 is 0 Å². The van der Waals surface area contributed by atoms with E-state index in [1.165, 1.54) is 6.33 Å². The second-order valence-electron chi connectivity index (χ2n) is 4.74. The Morgan fingerprint density at radius 2 is 2.38 bits per heavy atom. The summed E-state index contributed by atoms with van der Waals surface area (Å²) >= 11 is 0. The average Bonchev–Trinajstić information content (AvgIpc) is 2.82. The fourth-order valence-electron chi connectivity index (χ4n) is 2.99. The Morgan fingerprint density at radius 3 is 3.12 bits per heavy atom. The normalized spacial score (nSPS) is 33.1. The summed E-state index contributed by atoms with van der Waals surface area (Å²) in [7, 11) is 0. The quantitative estimate of drug-likeness (QED) is 0.689. The monoisotopic (exact) mass is 220 g/mol. The zero-order chi connectivity index (χ0) is 11.1. The molecule has 0 saturated carbocycles. The molecule has 2 fully saturated rings. The van der Waals surface area contributed by atoms with Gasteiger partial charge in [-0.2, -0.15) is 0 Å². The van der Waals surface area contributed by atoms with E-state index >= 15 is 0 Å². The Labute approximate surface area is 93.9 Å². The largest absolute Gasteiger partial charge is 0.353 e. The number of aromatic amines is 1. The number of aromatic nitrogens is 2. The molecule has 3 atom stereocenters. The number of fused-ring (bicyclic) bond motifs is 1. The Morgan fingerprint density at radius 1 is 1.50 bits per heavy atom. The summed E-state index contributed by atoms with van der Waals surface area (Å²) < 4.78 is 0. The van der Waals surface area contributed by atoms with Crippen LogP contribution in [0.5, 0.6) is 0 Å². The van der Waals surface area contributed by atoms with Gasteiger partial charge in [-0.15, -0.1) is 0 Å². The summed E-state index contributed by atoms with van der Waals surface area (Å²) in [5.74, 6) is 2.21. The molecule has 5 nitrogen and oxygen atoms in total. The number of anilines is 1. The number of rotatable bonds is 1. The van der Waals surface area contributed by atoms with Gasteiger partial charge in [0.15, 0.2) is 0 Å². The van der Waals surface area contributed by atoms with Gasteiger partial charge in [0, 0.05) is 31.7 Å². The van der Waals surface area contributed by atoms with Gasteiger partial charge in [0.1, 0.15) is 5.82 Å². The Hall–Kier alpha value is -1.36. The van der Waals surface area contributed by atoms with Gasteiger partial charge in [-0.1, -0.05) is 0 Å². The van der Waals surface area contributed by atoms with E-state index in [1.807, 2.05) is 0 Å². The van der Waals surface area contributed by atoms with Gasteiger partial charge in [-0.3, -0.25) is 4.79 Å². The summed E-state index contributed by atoms with van der Waals surface area (Å²) in [6.45, 7) is 5.41. The van der Waals surface area contributed by atoms with E-state index in [-0.39, 0.29) is 5.56 Å². The van der Waals surface area contributed by atoms with Crippen molar-refractivity contribution in [3.8, 4) is 0 Å². The standard InChI is InChI=1S/C11H16N4O/c1-7-9-4-12-3-8(9)5-15(7)10-2-11(16)14-6-13-10/h2,6-9,12H,3-5H2,1H3,(H,13,14,16). The Balaban J connectivity index is 1.89. The molecule has 3 unspecified atom stereocenters. The first-order valence-corrected chi connectivity index (χ1v) is 5.78. The second kappa shape index (κ2) is 3.59. The molecule has 5 heteroatoms. The average molecular weight is 220 g/mol. The van der Waals surface area contributed by atoms with Crippen LogP contribution < -0.4 is 15.8 Å². The number of hydrogen-bond acceptors (Lipinski definition) is 4. The highest BCUT2D eigenvalue weighted by atomic mass is 16.1. The molecule has 0 bridgehead atoms. The van der Waals surface area contributed by atoms with Crippen LogP contribution in [0.4, 0.5) is 5.82 Å². The van der Waals surface area contributed by atoms with Crippen LogP contribution in [0.25, 0.3) is 0 Å². The smallest absolute Gasteiger partial charge is 0.252 e. The summed E-state index contributed by atoms with van der Waals surface area (Å²) in [6.07, 6.45) is 1.48. The van der Waals surface area contributed by atoms with Gasteiger partial charge in [0.2, 0.25) is 0 Å². The maximum atomic E-state index is 11.3. The minimum absolute atomic E-state index is 0.0765. The summed E-state index contributed by atoms with van der Waals surface area (Å²) in [4.78, 5) is 20.3. The molecule has 16 heavy (non-hydrogen) atoms. The van der Waals surface area contributed by atoms with E-state index in [9.17, 15) is 4.79 Å². The number of hydrogen-bond donors (Lipinski definition) is 2.